The fourth-order valence-corrected chi connectivity index (χ4v) is 2.20. The second kappa shape index (κ2) is 4.62. The lowest BCUT2D eigenvalue weighted by Crippen LogP contribution is -2.29. The molecule has 0 aliphatic rings. The number of hydrogen-bond donors (Lipinski definition) is 2. The second-order valence-electron chi connectivity index (χ2n) is 4.82. The van der Waals surface area contributed by atoms with E-state index in [9.17, 15) is 4.79 Å². The molecule has 3 heteroatoms. The molecule has 0 aliphatic carbocycles. The van der Waals surface area contributed by atoms with E-state index in [-0.39, 0.29) is 17.7 Å². The van der Waals surface area contributed by atoms with E-state index in [0.717, 1.165) is 11.1 Å². The normalized spacial score (nSPS) is 13.1. The predicted octanol–water partition coefficient (Wildman–Crippen LogP) is 2.47. The minimum Gasteiger partial charge on any atom is -0.369 e. The number of H-pyrrole nitrogens is 1. The van der Waals surface area contributed by atoms with Gasteiger partial charge >= 0.3 is 0 Å². The van der Waals surface area contributed by atoms with Crippen LogP contribution < -0.4 is 5.73 Å². The first-order chi connectivity index (χ1) is 8.09. The molecule has 1 heterocycles. The molecule has 0 aliphatic heterocycles. The Morgan fingerprint density at radius 2 is 2.06 bits per heavy atom. The largest absolute Gasteiger partial charge is 0.369 e. The summed E-state index contributed by atoms with van der Waals surface area (Å²) >= 11 is 0. The first-order valence-electron chi connectivity index (χ1n) is 5.94. The van der Waals surface area contributed by atoms with Crippen molar-refractivity contribution in [2.45, 2.75) is 20.3 Å². The molecule has 0 saturated heterocycles. The molecule has 0 spiro atoms. The van der Waals surface area contributed by atoms with Crippen molar-refractivity contribution in [1.29, 1.82) is 0 Å². The molecule has 2 aromatic rings. The maximum absolute atomic E-state index is 11.4. The highest BCUT2D eigenvalue weighted by Gasteiger charge is 2.21. The van der Waals surface area contributed by atoms with Crippen LogP contribution >= 0.6 is 0 Å². The number of primary amides is 1. The first kappa shape index (κ1) is 11.7. The van der Waals surface area contributed by atoms with E-state index >= 15 is 0 Å². The summed E-state index contributed by atoms with van der Waals surface area (Å²) in [6.07, 6.45) is 2.68. The van der Waals surface area contributed by atoms with Crippen LogP contribution in [0.2, 0.25) is 0 Å². The van der Waals surface area contributed by atoms with Gasteiger partial charge in [-0.25, -0.2) is 0 Å². The number of nitrogens with one attached hydrogen (secondary N) is 1. The summed E-state index contributed by atoms with van der Waals surface area (Å²) in [7, 11) is 0. The summed E-state index contributed by atoms with van der Waals surface area (Å²) in [5.41, 5.74) is 7.72. The zero-order valence-electron chi connectivity index (χ0n) is 10.2. The summed E-state index contributed by atoms with van der Waals surface area (Å²) in [6, 6.07) is 8.11. The smallest absolute Gasteiger partial charge is 0.221 e. The average Bonchev–Trinajstić information content (AvgIpc) is 2.68. The molecule has 2 rings (SSSR count). The molecule has 3 N–H and O–H groups in total. The monoisotopic (exact) mass is 230 g/mol. The molecule has 0 radical (unpaired) electrons. The van der Waals surface area contributed by atoms with E-state index in [0.29, 0.717) is 6.42 Å². The topological polar surface area (TPSA) is 58.9 Å². The summed E-state index contributed by atoms with van der Waals surface area (Å²) < 4.78 is 0. The van der Waals surface area contributed by atoms with Crippen molar-refractivity contribution in [3.63, 3.8) is 0 Å². The zero-order valence-corrected chi connectivity index (χ0v) is 10.2. The van der Waals surface area contributed by atoms with E-state index in [1.54, 1.807) is 0 Å². The van der Waals surface area contributed by atoms with Crippen LogP contribution in [0.5, 0.6) is 0 Å². The van der Waals surface area contributed by atoms with Crippen molar-refractivity contribution in [2.24, 2.45) is 17.6 Å². The van der Waals surface area contributed by atoms with E-state index < -0.39 is 0 Å². The van der Waals surface area contributed by atoms with Crippen molar-refractivity contribution < 1.29 is 4.79 Å². The third-order valence-electron chi connectivity index (χ3n) is 3.28. The van der Waals surface area contributed by atoms with Crippen LogP contribution in [0.3, 0.4) is 0 Å². The van der Waals surface area contributed by atoms with Gasteiger partial charge in [-0.1, -0.05) is 32.0 Å². The quantitative estimate of drug-likeness (QED) is 0.832. The Balaban J connectivity index is 2.31. The molecular weight excluding hydrogens is 212 g/mol. The molecule has 0 fully saturated rings. The number of fused-ring (bicyclic) bond motifs is 1. The Bertz CT molecular complexity index is 528. The molecule has 1 aromatic heterocycles. The van der Waals surface area contributed by atoms with Gasteiger partial charge in [-0.05, 0) is 24.0 Å². The fraction of sp³-hybridized carbons (Fsp3) is 0.357. The number of rotatable bonds is 4. The molecule has 1 aromatic carbocycles. The van der Waals surface area contributed by atoms with Crippen molar-refractivity contribution >= 4 is 16.8 Å². The summed E-state index contributed by atoms with van der Waals surface area (Å²) in [5, 5.41) is 1.18. The van der Waals surface area contributed by atoms with E-state index in [1.165, 1.54) is 5.39 Å². The lowest BCUT2D eigenvalue weighted by atomic mass is 9.88. The molecule has 3 nitrogen and oxygen atoms in total. The highest BCUT2D eigenvalue weighted by Crippen LogP contribution is 2.23. The van der Waals surface area contributed by atoms with Crippen molar-refractivity contribution in [2.75, 3.05) is 0 Å². The van der Waals surface area contributed by atoms with Crippen LogP contribution in [0.1, 0.15) is 19.4 Å². The summed E-state index contributed by atoms with van der Waals surface area (Å²) in [6.45, 7) is 4.06. The second-order valence-corrected chi connectivity index (χ2v) is 4.82. The van der Waals surface area contributed by atoms with Gasteiger partial charge in [0.2, 0.25) is 5.91 Å². The zero-order chi connectivity index (χ0) is 12.4. The third-order valence-corrected chi connectivity index (χ3v) is 3.28. The Labute approximate surface area is 101 Å². The average molecular weight is 230 g/mol. The summed E-state index contributed by atoms with van der Waals surface area (Å²) in [4.78, 5) is 14.6. The van der Waals surface area contributed by atoms with E-state index in [4.69, 9.17) is 5.73 Å². The molecule has 0 saturated carbocycles. The van der Waals surface area contributed by atoms with Gasteiger partial charge in [0.05, 0.1) is 0 Å². The molecule has 90 valence electrons. The van der Waals surface area contributed by atoms with Gasteiger partial charge in [-0.15, -0.1) is 0 Å². The number of hydrogen-bond acceptors (Lipinski definition) is 1. The molecule has 1 amide bonds. The van der Waals surface area contributed by atoms with Crippen molar-refractivity contribution in [3.8, 4) is 0 Å². The lowest BCUT2D eigenvalue weighted by Gasteiger charge is -2.16. The standard InChI is InChI=1S/C14H18N2O/c1-9(2)12(14(15)17)7-10-8-16-13-6-4-3-5-11(10)13/h3-6,8-9,12,16H,7H2,1-2H3,(H2,15,17). The predicted molar refractivity (Wildman–Crippen MR) is 69.5 cm³/mol. The SMILES string of the molecule is CC(C)C(Cc1c[nH]c2ccccc12)C(N)=O. The summed E-state index contributed by atoms with van der Waals surface area (Å²) in [5.74, 6) is -0.0550. The first-order valence-corrected chi connectivity index (χ1v) is 5.94. The van der Waals surface area contributed by atoms with Crippen molar-refractivity contribution in [1.82, 2.24) is 4.98 Å². The lowest BCUT2D eigenvalue weighted by molar-refractivity contribution is -0.123. The fourth-order valence-electron chi connectivity index (χ4n) is 2.20. The van der Waals surface area contributed by atoms with Gasteiger partial charge in [-0.3, -0.25) is 4.79 Å². The molecule has 17 heavy (non-hydrogen) atoms. The maximum atomic E-state index is 11.4. The van der Waals surface area contributed by atoms with Gasteiger partial charge in [0.15, 0.2) is 0 Å². The molecule has 0 bridgehead atoms. The maximum Gasteiger partial charge on any atom is 0.221 e. The molecule has 1 atom stereocenters. The van der Waals surface area contributed by atoms with Gasteiger partial charge in [-0.2, -0.15) is 0 Å². The number of carbonyl (C=O) groups is 1. The Morgan fingerprint density at radius 1 is 1.35 bits per heavy atom. The number of amides is 1. The van der Waals surface area contributed by atoms with Gasteiger partial charge in [0.25, 0.3) is 0 Å². The van der Waals surface area contributed by atoms with Crippen LogP contribution in [-0.4, -0.2) is 10.9 Å². The number of para-hydroxylation sites is 1. The highest BCUT2D eigenvalue weighted by atomic mass is 16.1. The Kier molecular flexibility index (Phi) is 3.18. The minimum atomic E-state index is -0.217. The number of aromatic amines is 1. The van der Waals surface area contributed by atoms with E-state index in [2.05, 4.69) is 11.1 Å². The Hall–Kier alpha value is -1.77. The third kappa shape index (κ3) is 2.33. The van der Waals surface area contributed by atoms with Crippen LogP contribution in [0.25, 0.3) is 10.9 Å². The van der Waals surface area contributed by atoms with Gasteiger partial charge < -0.3 is 10.7 Å². The van der Waals surface area contributed by atoms with Gasteiger partial charge in [0, 0.05) is 23.0 Å². The van der Waals surface area contributed by atoms with E-state index in [1.807, 2.05) is 38.2 Å². The van der Waals surface area contributed by atoms with Crippen LogP contribution in [0, 0.1) is 11.8 Å². The highest BCUT2D eigenvalue weighted by molar-refractivity contribution is 5.84. The minimum absolute atomic E-state index is 0.103. The van der Waals surface area contributed by atoms with Crippen LogP contribution in [-0.2, 0) is 11.2 Å². The number of benzene rings is 1. The number of aromatic nitrogens is 1. The van der Waals surface area contributed by atoms with Crippen LogP contribution in [0.15, 0.2) is 30.5 Å². The van der Waals surface area contributed by atoms with Crippen molar-refractivity contribution in [3.05, 3.63) is 36.0 Å². The number of carbonyl (C=O) groups excluding carboxylic acids is 1. The van der Waals surface area contributed by atoms with Gasteiger partial charge in [0.1, 0.15) is 0 Å². The Morgan fingerprint density at radius 3 is 2.71 bits per heavy atom. The number of nitrogens with two attached hydrogens (primary N) is 1. The molecule has 1 unspecified atom stereocenters. The van der Waals surface area contributed by atoms with Crippen LogP contribution in [0.4, 0.5) is 0 Å². The molecular formula is C14H18N2O.